The number of carbonyl (C=O) groups is 2. The van der Waals surface area contributed by atoms with Gasteiger partial charge in [0.2, 0.25) is 0 Å². The van der Waals surface area contributed by atoms with E-state index in [1.807, 2.05) is 48.5 Å². The number of rotatable bonds is 4. The maximum Gasteiger partial charge on any atom is 0.296 e. The highest BCUT2D eigenvalue weighted by molar-refractivity contribution is 6.48. The van der Waals surface area contributed by atoms with Crippen molar-refractivity contribution in [3.05, 3.63) is 65.4 Å². The molecular weight excluding hydrogens is 300 g/mol. The third-order valence-corrected chi connectivity index (χ3v) is 4.16. The summed E-state index contributed by atoms with van der Waals surface area (Å²) in [6.07, 6.45) is 0. The average Bonchev–Trinajstić information content (AvgIpc) is 2.90. The fourth-order valence-corrected chi connectivity index (χ4v) is 2.82. The molecule has 0 bridgehead atoms. The highest BCUT2D eigenvalue weighted by atomic mass is 16.2. The quantitative estimate of drug-likeness (QED) is 0.552. The molecule has 24 heavy (non-hydrogen) atoms. The Labute approximate surface area is 140 Å². The van der Waals surface area contributed by atoms with Crippen LogP contribution in [0.15, 0.2) is 48.5 Å². The lowest BCUT2D eigenvalue weighted by molar-refractivity contribution is -0.112. The molecule has 0 aliphatic heterocycles. The van der Waals surface area contributed by atoms with Gasteiger partial charge in [-0.1, -0.05) is 44.2 Å². The van der Waals surface area contributed by atoms with Gasteiger partial charge in [-0.05, 0) is 36.6 Å². The van der Waals surface area contributed by atoms with Crippen LogP contribution in [0.3, 0.4) is 0 Å². The number of aromatic amines is 1. The van der Waals surface area contributed by atoms with Crippen molar-refractivity contribution >= 4 is 28.3 Å². The molecule has 122 valence electrons. The van der Waals surface area contributed by atoms with Gasteiger partial charge in [-0.25, -0.2) is 0 Å². The number of hydrogen-bond donors (Lipinski definition) is 2. The molecule has 0 fully saturated rings. The molecular formula is C20H20N2O2. The summed E-state index contributed by atoms with van der Waals surface area (Å²) in [4.78, 5) is 28.1. The zero-order valence-electron chi connectivity index (χ0n) is 14.0. The second kappa shape index (κ2) is 6.32. The molecule has 1 aromatic heterocycles. The predicted octanol–water partition coefficient (Wildman–Crippen LogP) is 4.42. The molecule has 0 saturated heterocycles. The van der Waals surface area contributed by atoms with Gasteiger partial charge in [0.05, 0.1) is 5.56 Å². The van der Waals surface area contributed by atoms with E-state index >= 15 is 0 Å². The molecule has 2 aromatic carbocycles. The first-order valence-corrected chi connectivity index (χ1v) is 8.00. The van der Waals surface area contributed by atoms with Crippen molar-refractivity contribution in [3.8, 4) is 0 Å². The molecule has 4 nitrogen and oxygen atoms in total. The van der Waals surface area contributed by atoms with Gasteiger partial charge < -0.3 is 10.3 Å². The van der Waals surface area contributed by atoms with Gasteiger partial charge in [-0.3, -0.25) is 9.59 Å². The first-order chi connectivity index (χ1) is 11.5. The topological polar surface area (TPSA) is 62.0 Å². The maximum absolute atomic E-state index is 12.6. The lowest BCUT2D eigenvalue weighted by Gasteiger charge is -2.08. The van der Waals surface area contributed by atoms with Gasteiger partial charge in [-0.2, -0.15) is 0 Å². The van der Waals surface area contributed by atoms with E-state index in [1.165, 1.54) is 5.56 Å². The van der Waals surface area contributed by atoms with Crippen LogP contribution in [0.2, 0.25) is 0 Å². The molecule has 0 saturated carbocycles. The monoisotopic (exact) mass is 320 g/mol. The predicted molar refractivity (Wildman–Crippen MR) is 96.5 cm³/mol. The molecule has 0 atom stereocenters. The van der Waals surface area contributed by atoms with Crippen LogP contribution in [-0.2, 0) is 4.79 Å². The van der Waals surface area contributed by atoms with Gasteiger partial charge >= 0.3 is 0 Å². The minimum absolute atomic E-state index is 0.422. The molecule has 1 heterocycles. The largest absolute Gasteiger partial charge is 0.358 e. The molecule has 3 aromatic rings. The number of amides is 1. The summed E-state index contributed by atoms with van der Waals surface area (Å²) in [7, 11) is 0. The van der Waals surface area contributed by atoms with Crippen molar-refractivity contribution in [2.45, 2.75) is 26.7 Å². The number of nitrogens with one attached hydrogen (secondary N) is 2. The summed E-state index contributed by atoms with van der Waals surface area (Å²) in [6.45, 7) is 6.02. The van der Waals surface area contributed by atoms with Crippen molar-refractivity contribution in [2.24, 2.45) is 0 Å². The van der Waals surface area contributed by atoms with Crippen LogP contribution >= 0.6 is 0 Å². The molecule has 0 aliphatic carbocycles. The Bertz CT molecular complexity index is 905. The molecule has 3 rings (SSSR count). The fourth-order valence-electron chi connectivity index (χ4n) is 2.82. The number of aryl methyl sites for hydroxylation is 1. The highest BCUT2D eigenvalue weighted by Gasteiger charge is 2.22. The second-order valence-electron chi connectivity index (χ2n) is 6.23. The zero-order valence-corrected chi connectivity index (χ0v) is 14.0. The minimum atomic E-state index is -0.625. The van der Waals surface area contributed by atoms with Crippen molar-refractivity contribution in [2.75, 3.05) is 5.32 Å². The van der Waals surface area contributed by atoms with Crippen LogP contribution < -0.4 is 5.32 Å². The standard InChI is InChI=1S/C20H20N2O2/c1-12(2)14-8-10-15(11-9-14)22-20(24)19(23)18-13(3)21-17-7-5-4-6-16(17)18/h4-12,21H,1-3H3,(H,22,24). The van der Waals surface area contributed by atoms with E-state index in [4.69, 9.17) is 0 Å². The summed E-state index contributed by atoms with van der Waals surface area (Å²) >= 11 is 0. The fraction of sp³-hybridized carbons (Fsp3) is 0.200. The van der Waals surface area contributed by atoms with Gasteiger partial charge in [0.15, 0.2) is 0 Å². The Hall–Kier alpha value is -2.88. The van der Waals surface area contributed by atoms with Gasteiger partial charge in [-0.15, -0.1) is 0 Å². The molecule has 1 amide bonds. The molecule has 0 radical (unpaired) electrons. The summed E-state index contributed by atoms with van der Waals surface area (Å²) in [5, 5.41) is 3.45. The van der Waals surface area contributed by atoms with Gasteiger partial charge in [0.1, 0.15) is 0 Å². The number of benzene rings is 2. The lowest BCUT2D eigenvalue weighted by atomic mass is 10.0. The average molecular weight is 320 g/mol. The van der Waals surface area contributed by atoms with Crippen molar-refractivity contribution in [1.29, 1.82) is 0 Å². The molecule has 0 unspecified atom stereocenters. The third kappa shape index (κ3) is 2.95. The number of anilines is 1. The highest BCUT2D eigenvalue weighted by Crippen LogP contribution is 2.23. The van der Waals surface area contributed by atoms with Crippen LogP contribution in [0.5, 0.6) is 0 Å². The Balaban J connectivity index is 1.84. The Kier molecular flexibility index (Phi) is 4.21. The Morgan fingerprint density at radius 2 is 1.67 bits per heavy atom. The van der Waals surface area contributed by atoms with Crippen molar-refractivity contribution in [1.82, 2.24) is 4.98 Å². The number of aromatic nitrogens is 1. The number of hydrogen-bond acceptors (Lipinski definition) is 2. The number of fused-ring (bicyclic) bond motifs is 1. The van der Waals surface area contributed by atoms with E-state index in [2.05, 4.69) is 24.1 Å². The van der Waals surface area contributed by atoms with Crippen LogP contribution in [0.25, 0.3) is 10.9 Å². The number of H-pyrrole nitrogens is 1. The maximum atomic E-state index is 12.6. The SMILES string of the molecule is Cc1[nH]c2ccccc2c1C(=O)C(=O)Nc1ccc(C(C)C)cc1. The first kappa shape index (κ1) is 16.0. The third-order valence-electron chi connectivity index (χ3n) is 4.16. The number of ketones is 1. The van der Waals surface area contributed by atoms with E-state index < -0.39 is 11.7 Å². The van der Waals surface area contributed by atoms with Gasteiger partial charge in [0.25, 0.3) is 11.7 Å². The van der Waals surface area contributed by atoms with E-state index in [-0.39, 0.29) is 0 Å². The van der Waals surface area contributed by atoms with E-state index in [9.17, 15) is 9.59 Å². The van der Waals surface area contributed by atoms with E-state index in [1.54, 1.807) is 6.92 Å². The number of carbonyl (C=O) groups excluding carboxylic acids is 2. The first-order valence-electron chi connectivity index (χ1n) is 8.00. The smallest absolute Gasteiger partial charge is 0.296 e. The minimum Gasteiger partial charge on any atom is -0.358 e. The molecule has 2 N–H and O–H groups in total. The van der Waals surface area contributed by atoms with Crippen molar-refractivity contribution < 1.29 is 9.59 Å². The number of para-hydroxylation sites is 1. The van der Waals surface area contributed by atoms with Gasteiger partial charge in [0, 0.05) is 22.3 Å². The van der Waals surface area contributed by atoms with E-state index in [0.29, 0.717) is 22.9 Å². The van der Waals surface area contributed by atoms with Crippen LogP contribution in [-0.4, -0.2) is 16.7 Å². The summed E-state index contributed by atoms with van der Waals surface area (Å²) in [5.74, 6) is -0.733. The zero-order chi connectivity index (χ0) is 17.3. The summed E-state index contributed by atoms with van der Waals surface area (Å²) < 4.78 is 0. The Morgan fingerprint density at radius 1 is 1.00 bits per heavy atom. The second-order valence-corrected chi connectivity index (χ2v) is 6.23. The summed E-state index contributed by atoms with van der Waals surface area (Å²) in [6, 6.07) is 15.0. The normalized spacial score (nSPS) is 11.0. The lowest BCUT2D eigenvalue weighted by Crippen LogP contribution is -2.23. The van der Waals surface area contributed by atoms with Crippen LogP contribution in [0.1, 0.15) is 41.4 Å². The van der Waals surface area contributed by atoms with E-state index in [0.717, 1.165) is 10.9 Å². The molecule has 0 spiro atoms. The van der Waals surface area contributed by atoms with Crippen LogP contribution in [0, 0.1) is 6.92 Å². The number of Topliss-reactive ketones (excluding diaryl/α,β-unsaturated/α-hetero) is 1. The van der Waals surface area contributed by atoms with Crippen LogP contribution in [0.4, 0.5) is 5.69 Å². The van der Waals surface area contributed by atoms with Crippen molar-refractivity contribution in [3.63, 3.8) is 0 Å². The molecule has 4 heteroatoms. The Morgan fingerprint density at radius 3 is 2.33 bits per heavy atom. The molecule has 0 aliphatic rings. The summed E-state index contributed by atoms with van der Waals surface area (Å²) in [5.41, 5.74) is 3.79.